The van der Waals surface area contributed by atoms with Gasteiger partial charge in [-0.1, -0.05) is 226 Å². The first-order chi connectivity index (χ1) is 54.8. The number of hydrogen-bond donors (Lipinski definition) is 1. The standard InChI is InChI=1S/C22H22Cl2N2O3S.C12H12Cl2O2.2C11H9Cl3O.C11H10Cl2O2.C9H8Cl2O2.C7H10N2OS.CH4.2Na.2H2O/c1-3-5-15(14-6-7-17(23)18(24)12-14)19-16(13-25)21(26-8-10-28-11-9-26)30-20(19)22(27)29-4-2;1-3-4-9(12(15)16-2)8-5-6-10(13)11(14)7-8;3*1-2-3-8(11(14)15)7-4-5-9(12)10(13)6-7;1-13-9(12)5-6-2-3-7(10)8(11)4-6;8-2-1-7(11)9-3-5-10-6-4-9;;;;;/h3,6-7,12,15H,1,4-5,8-11H2,2H3;3,5-7,9H,1,4H2,2H3;2*2,4-6,8H,1,3H2;2,4-6,8H,1,3H2,(H,14,15);2-4H,5H2,1H3;1,3-6H2;1H4;;;2*1H2/q;;;;;;;;2*+1;;/p-2. The number of carbonyl (C=O) groups excluding carboxylic acids is 5. The van der Waals surface area contributed by atoms with E-state index in [1.807, 2.05) is 17.0 Å². The van der Waals surface area contributed by atoms with Crippen LogP contribution in [0.3, 0.4) is 0 Å². The van der Waals surface area contributed by atoms with E-state index in [1.54, 1.807) is 140 Å². The van der Waals surface area contributed by atoms with E-state index in [4.69, 9.17) is 204 Å². The second-order valence-corrected chi connectivity index (χ2v) is 31.1. The summed E-state index contributed by atoms with van der Waals surface area (Å²) in [6.45, 7) is 25.8. The zero-order valence-electron chi connectivity index (χ0n) is 65.2. The van der Waals surface area contributed by atoms with Crippen LogP contribution in [0.15, 0.2) is 172 Å². The maximum absolute atomic E-state index is 12.9. The quantitative estimate of drug-likeness (QED) is 0.0132. The minimum Gasteiger partial charge on any atom is -0.870 e. The molecule has 5 atom stereocenters. The molecule has 9 rings (SSSR count). The summed E-state index contributed by atoms with van der Waals surface area (Å²) in [6.07, 6.45) is 11.3. The molecule has 0 spiro atoms. The Morgan fingerprint density at radius 1 is 0.525 bits per heavy atom. The first-order valence-corrected chi connectivity index (χ1v) is 41.1. The van der Waals surface area contributed by atoms with E-state index in [-0.39, 0.29) is 114 Å². The van der Waals surface area contributed by atoms with Gasteiger partial charge in [0.2, 0.25) is 10.5 Å². The second-order valence-electron chi connectivity index (χ2n) is 24.0. The molecule has 0 saturated carbocycles. The number of anilines is 1. The number of rotatable bonds is 26. The van der Waals surface area contributed by atoms with Crippen LogP contribution in [0.1, 0.15) is 137 Å². The molecule has 5 unspecified atom stereocenters. The molecule has 0 radical (unpaired) electrons. The summed E-state index contributed by atoms with van der Waals surface area (Å²) in [7, 11) is 2.70. The molecule has 120 heavy (non-hydrogen) atoms. The molecule has 6 aromatic carbocycles. The number of ether oxygens (including phenoxy) is 5. The van der Waals surface area contributed by atoms with Crippen molar-refractivity contribution in [2.75, 3.05) is 78.3 Å². The average molecular weight is 1980 g/mol. The molecular weight excluding hydrogens is 1900 g/mol. The summed E-state index contributed by atoms with van der Waals surface area (Å²) in [5, 5.41) is 32.6. The molecule has 3 heterocycles. The number of carboxylic acids is 1. The number of halogens is 14. The van der Waals surface area contributed by atoms with Crippen molar-refractivity contribution in [1.82, 2.24) is 4.90 Å². The van der Waals surface area contributed by atoms with Crippen LogP contribution >= 0.6 is 186 Å². The third kappa shape index (κ3) is 40.4. The Kier molecular flexibility index (Phi) is 64.9. The number of aliphatic carboxylic acids is 1. The van der Waals surface area contributed by atoms with E-state index in [2.05, 4.69) is 48.6 Å². The Morgan fingerprint density at radius 3 is 1.22 bits per heavy atom. The number of hydrogen-bond acceptors (Lipinski definition) is 18. The maximum Gasteiger partial charge on any atom is 1.00 e. The number of thiophene rings is 1. The third-order valence-electron chi connectivity index (χ3n) is 16.4. The molecule has 3 N–H and O–H groups in total. The van der Waals surface area contributed by atoms with Crippen molar-refractivity contribution in [3.63, 3.8) is 0 Å². The van der Waals surface area contributed by atoms with Crippen molar-refractivity contribution in [3.05, 3.63) is 282 Å². The molecule has 2 fully saturated rings. The number of thiocarbonyl (C=S) groups is 1. The molecule has 1 aromatic heterocycles. The molecule has 0 bridgehead atoms. The monoisotopic (exact) mass is 1970 g/mol. The molecule has 2 aliphatic rings. The van der Waals surface area contributed by atoms with E-state index < -0.39 is 40.2 Å². The Balaban J connectivity index is -0.00000136. The van der Waals surface area contributed by atoms with Gasteiger partial charge in [0.05, 0.1) is 161 Å². The Bertz CT molecular complexity index is 4440. The largest absolute Gasteiger partial charge is 1.00 e. The van der Waals surface area contributed by atoms with Crippen LogP contribution in [0.5, 0.6) is 0 Å². The topological polar surface area (TPSA) is 283 Å². The number of morpholine rings is 2. The average Bonchev–Trinajstić information content (AvgIpc) is 1.61. The Morgan fingerprint density at radius 2 is 0.875 bits per heavy atom. The Hall–Kier alpha value is -4.49. The first-order valence-electron chi connectivity index (χ1n) is 34.5. The van der Waals surface area contributed by atoms with Gasteiger partial charge in [-0.15, -0.1) is 44.2 Å². The van der Waals surface area contributed by atoms with Crippen LogP contribution in [0.2, 0.25) is 60.3 Å². The van der Waals surface area contributed by atoms with Crippen LogP contribution in [-0.4, -0.2) is 134 Å². The number of carbonyl (C=O) groups is 6. The number of nitrogens with zero attached hydrogens (tertiary/aromatic N) is 4. The molecule has 36 heteroatoms. The third-order valence-corrected chi connectivity index (χ3v) is 23.0. The van der Waals surface area contributed by atoms with Crippen molar-refractivity contribution in [1.29, 1.82) is 10.5 Å². The fourth-order valence-electron chi connectivity index (χ4n) is 10.6. The summed E-state index contributed by atoms with van der Waals surface area (Å²) in [5.41, 5.74) is 5.72. The predicted octanol–water partition coefficient (Wildman–Crippen LogP) is 19.6. The number of allylic oxidation sites excluding steroid dienone is 5. The van der Waals surface area contributed by atoms with Crippen molar-refractivity contribution in [2.24, 2.45) is 0 Å². The summed E-state index contributed by atoms with van der Waals surface area (Å²) in [6, 6.07) is 34.8. The van der Waals surface area contributed by atoms with E-state index >= 15 is 0 Å². The van der Waals surface area contributed by atoms with Crippen LogP contribution < -0.4 is 64.0 Å². The van der Waals surface area contributed by atoms with Crippen LogP contribution in [0, 0.1) is 22.7 Å². The van der Waals surface area contributed by atoms with Crippen LogP contribution in [0.4, 0.5) is 5.00 Å². The van der Waals surface area contributed by atoms with Crippen molar-refractivity contribution in [3.8, 4) is 12.1 Å². The van der Waals surface area contributed by atoms with Gasteiger partial charge in [-0.3, -0.25) is 24.0 Å². The fourth-order valence-corrected chi connectivity index (χ4v) is 14.4. The minimum atomic E-state index is -0.895. The van der Waals surface area contributed by atoms with Gasteiger partial charge >= 0.3 is 83.0 Å². The maximum atomic E-state index is 12.9. The number of carboxylic acid groups (broad SMARTS) is 1. The summed E-state index contributed by atoms with van der Waals surface area (Å²) < 4.78 is 25.1. The zero-order valence-corrected chi connectivity index (χ0v) is 81.5. The number of methoxy groups -OCH3 is 2. The normalized spacial score (nSPS) is 12.5. The Labute approximate surface area is 825 Å². The first kappa shape index (κ1) is 120. The molecule has 18 nitrogen and oxygen atoms in total. The smallest absolute Gasteiger partial charge is 0.870 e. The number of benzene rings is 6. The fraction of sp³-hybridized carbons (Fsp3) is 0.298. The van der Waals surface area contributed by atoms with Crippen molar-refractivity contribution in [2.45, 2.75) is 88.9 Å². The summed E-state index contributed by atoms with van der Waals surface area (Å²) in [5.74, 6) is -4.00. The van der Waals surface area contributed by atoms with Gasteiger partial charge in [0, 0.05) is 37.7 Å². The van der Waals surface area contributed by atoms with E-state index in [9.17, 15) is 34.0 Å². The molecule has 2 aliphatic heterocycles. The van der Waals surface area contributed by atoms with Gasteiger partial charge in [0.1, 0.15) is 15.9 Å². The zero-order chi connectivity index (χ0) is 86.0. The molecule has 0 amide bonds. The predicted molar refractivity (Wildman–Crippen MR) is 487 cm³/mol. The van der Waals surface area contributed by atoms with Gasteiger partial charge in [0.15, 0.2) is 0 Å². The van der Waals surface area contributed by atoms with Gasteiger partial charge < -0.3 is 49.5 Å². The molecule has 0 aliphatic carbocycles. The second kappa shape index (κ2) is 65.1. The summed E-state index contributed by atoms with van der Waals surface area (Å²) >= 11 is 87.6. The molecule has 7 aromatic rings. The van der Waals surface area contributed by atoms with Gasteiger partial charge in [-0.2, -0.15) is 10.5 Å². The molecule has 638 valence electrons. The van der Waals surface area contributed by atoms with Crippen molar-refractivity contribution < 1.29 is 128 Å². The van der Waals surface area contributed by atoms with Crippen molar-refractivity contribution >= 4 is 230 Å². The SMILES string of the molecule is C.C=CCC(C(=O)Cl)c1ccc(Cl)c(Cl)c1.C=CCC(C(=O)Cl)c1ccc(Cl)c(Cl)c1.C=CCC(C(=O)O)c1ccc(Cl)c(Cl)c1.C=CCC(C(=O)OC)c1ccc(Cl)c(Cl)c1.C=CCC(c1ccc(Cl)c(Cl)c1)c1c(C(=O)OCC)sc(N2CCOCC2)c1C#N.COC(=O)Cc1ccc(Cl)c(Cl)c1.N#CCC(=S)N1CCOCC1.[Na+].[Na+].[OH-].[OH-]. The van der Waals surface area contributed by atoms with E-state index in [1.165, 1.54) is 25.6 Å². The van der Waals surface area contributed by atoms with Crippen LogP contribution in [-0.2, 0) is 54.1 Å². The van der Waals surface area contributed by atoms with Gasteiger partial charge in [0.25, 0.3) is 0 Å². The number of nitriles is 2. The molecule has 2 saturated heterocycles. The van der Waals surface area contributed by atoms with Crippen LogP contribution in [0.25, 0.3) is 0 Å². The number of esters is 3. The molecular formula is C84H86Cl14N4Na2O14S2. The van der Waals surface area contributed by atoms with E-state index in [0.29, 0.717) is 147 Å². The van der Waals surface area contributed by atoms with Gasteiger partial charge in [-0.05, 0) is 168 Å². The van der Waals surface area contributed by atoms with E-state index in [0.717, 1.165) is 64.1 Å². The minimum absolute atomic E-state index is 0. The summed E-state index contributed by atoms with van der Waals surface area (Å²) in [4.78, 5) is 73.9. The van der Waals surface area contributed by atoms with Gasteiger partial charge in [-0.25, -0.2) is 4.79 Å².